The summed E-state index contributed by atoms with van der Waals surface area (Å²) in [7, 11) is -3.40. The smallest absolute Gasteiger partial charge is 0.232 e. The number of Topliss-reactive ketones (excluding diaryl/α,β-unsaturated/α-hetero) is 1. The normalized spacial score (nSPS) is 29.4. The molecule has 2 atom stereocenters. The fourth-order valence-electron chi connectivity index (χ4n) is 2.08. The number of hydrogen-bond donors (Lipinski definition) is 0. The minimum absolute atomic E-state index is 0.535. The third kappa shape index (κ3) is 1.49. The summed E-state index contributed by atoms with van der Waals surface area (Å²) < 4.78 is 24.1. The van der Waals surface area contributed by atoms with E-state index in [0.717, 1.165) is 16.6 Å². The first-order valence-corrected chi connectivity index (χ1v) is 6.60. The van der Waals surface area contributed by atoms with Crippen molar-refractivity contribution in [3.8, 4) is 0 Å². The van der Waals surface area contributed by atoms with Crippen LogP contribution in [0.15, 0.2) is 23.9 Å². The molecule has 2 aliphatic rings. The fourth-order valence-corrected chi connectivity index (χ4v) is 3.07. The number of carbonyl (C=O) groups is 2. The molecule has 0 saturated carbocycles. The average Bonchev–Trinajstić information content (AvgIpc) is 2.50. The van der Waals surface area contributed by atoms with Crippen molar-refractivity contribution in [2.75, 3.05) is 6.26 Å². The van der Waals surface area contributed by atoms with Gasteiger partial charge in [-0.15, -0.1) is 0 Å². The van der Waals surface area contributed by atoms with Gasteiger partial charge in [-0.25, -0.2) is 8.42 Å². The van der Waals surface area contributed by atoms with Crippen LogP contribution in [0.25, 0.3) is 0 Å². The lowest BCUT2D eigenvalue weighted by molar-refractivity contribution is -0.136. The van der Waals surface area contributed by atoms with Crippen LogP contribution in [-0.4, -0.2) is 36.6 Å². The van der Waals surface area contributed by atoms with E-state index < -0.39 is 33.5 Å². The summed E-state index contributed by atoms with van der Waals surface area (Å²) in [4.78, 5) is 22.8. The predicted octanol–water partition coefficient (Wildman–Crippen LogP) is -0.142. The van der Waals surface area contributed by atoms with Crippen molar-refractivity contribution in [3.63, 3.8) is 0 Å². The van der Waals surface area contributed by atoms with Gasteiger partial charge < -0.3 is 0 Å². The molecule has 1 aliphatic carbocycles. The molecule has 0 spiro atoms. The van der Waals surface area contributed by atoms with Crippen molar-refractivity contribution in [2.24, 2.45) is 5.92 Å². The lowest BCUT2D eigenvalue weighted by Crippen LogP contribution is -2.42. The molecule has 0 fully saturated rings. The molecule has 5 nitrogen and oxygen atoms in total. The number of carbonyl (C=O) groups excluding carboxylic acids is 2. The van der Waals surface area contributed by atoms with Gasteiger partial charge in [0.2, 0.25) is 21.6 Å². The molecule has 0 amide bonds. The Hall–Kier alpha value is -1.43. The van der Waals surface area contributed by atoms with Crippen LogP contribution in [0, 0.1) is 5.92 Å². The van der Waals surface area contributed by atoms with Crippen LogP contribution in [-0.2, 0) is 19.6 Å². The minimum atomic E-state index is -3.40. The standard InChI is InChI=1S/C10H11NO4S/c1-6-5-11(16(2,14)15)7-3-4-8(12)10(13)9(6)7/h3-5,7,9H,1-2H3. The van der Waals surface area contributed by atoms with Crippen molar-refractivity contribution in [3.05, 3.63) is 23.9 Å². The van der Waals surface area contributed by atoms with E-state index in [1.165, 1.54) is 12.3 Å². The van der Waals surface area contributed by atoms with E-state index in [0.29, 0.717) is 5.57 Å². The number of hydrogen-bond acceptors (Lipinski definition) is 4. The Morgan fingerprint density at radius 1 is 1.31 bits per heavy atom. The quantitative estimate of drug-likeness (QED) is 0.599. The maximum atomic E-state index is 11.6. The SMILES string of the molecule is CC1=CN(S(C)(=O)=O)C2C=CC(=O)C(=O)C12. The summed E-state index contributed by atoms with van der Waals surface area (Å²) >= 11 is 0. The van der Waals surface area contributed by atoms with Crippen molar-refractivity contribution < 1.29 is 18.0 Å². The highest BCUT2D eigenvalue weighted by Gasteiger charge is 2.44. The molecule has 6 heteroatoms. The van der Waals surface area contributed by atoms with Crippen LogP contribution in [0.2, 0.25) is 0 Å². The zero-order chi connectivity index (χ0) is 12.1. The van der Waals surface area contributed by atoms with Gasteiger partial charge in [0.25, 0.3) is 0 Å². The average molecular weight is 241 g/mol. The highest BCUT2D eigenvalue weighted by molar-refractivity contribution is 7.88. The summed E-state index contributed by atoms with van der Waals surface area (Å²) in [5.74, 6) is -1.75. The lowest BCUT2D eigenvalue weighted by Gasteiger charge is -2.26. The van der Waals surface area contributed by atoms with E-state index >= 15 is 0 Å². The van der Waals surface area contributed by atoms with Gasteiger partial charge in [-0.3, -0.25) is 13.9 Å². The van der Waals surface area contributed by atoms with Crippen molar-refractivity contribution in [2.45, 2.75) is 13.0 Å². The van der Waals surface area contributed by atoms with Gasteiger partial charge in [-0.2, -0.15) is 0 Å². The van der Waals surface area contributed by atoms with Gasteiger partial charge in [-0.1, -0.05) is 6.08 Å². The van der Waals surface area contributed by atoms with Crippen LogP contribution in [0.1, 0.15) is 6.92 Å². The van der Waals surface area contributed by atoms with Crippen molar-refractivity contribution in [1.29, 1.82) is 0 Å². The molecule has 1 heterocycles. The van der Waals surface area contributed by atoms with Crippen LogP contribution < -0.4 is 0 Å². The van der Waals surface area contributed by atoms with Gasteiger partial charge >= 0.3 is 0 Å². The Labute approximate surface area is 93.5 Å². The number of rotatable bonds is 1. The lowest BCUT2D eigenvalue weighted by atomic mass is 9.85. The Kier molecular flexibility index (Phi) is 2.27. The number of sulfonamides is 1. The molecule has 2 unspecified atom stereocenters. The monoisotopic (exact) mass is 241 g/mol. The molecule has 2 rings (SSSR count). The molecule has 0 saturated heterocycles. The maximum absolute atomic E-state index is 11.6. The molecular weight excluding hydrogens is 230 g/mol. The molecule has 16 heavy (non-hydrogen) atoms. The molecule has 0 N–H and O–H groups in total. The van der Waals surface area contributed by atoms with Gasteiger partial charge in [-0.05, 0) is 18.6 Å². The molecule has 0 bridgehead atoms. The van der Waals surface area contributed by atoms with Crippen molar-refractivity contribution >= 4 is 21.6 Å². The van der Waals surface area contributed by atoms with E-state index in [1.54, 1.807) is 6.92 Å². The van der Waals surface area contributed by atoms with Crippen molar-refractivity contribution in [1.82, 2.24) is 4.31 Å². The number of ketones is 2. The number of nitrogens with zero attached hydrogens (tertiary/aromatic N) is 1. The highest BCUT2D eigenvalue weighted by Crippen LogP contribution is 2.34. The second-order valence-corrected chi connectivity index (χ2v) is 5.91. The Bertz CT molecular complexity index is 529. The van der Waals surface area contributed by atoms with E-state index in [4.69, 9.17) is 0 Å². The van der Waals surface area contributed by atoms with E-state index in [9.17, 15) is 18.0 Å². The zero-order valence-electron chi connectivity index (χ0n) is 8.88. The molecule has 0 aromatic rings. The maximum Gasteiger partial charge on any atom is 0.232 e. The Morgan fingerprint density at radius 3 is 2.50 bits per heavy atom. The zero-order valence-corrected chi connectivity index (χ0v) is 9.69. The topological polar surface area (TPSA) is 71.5 Å². The molecule has 1 aliphatic heterocycles. The third-order valence-electron chi connectivity index (χ3n) is 2.81. The highest BCUT2D eigenvalue weighted by atomic mass is 32.2. The van der Waals surface area contributed by atoms with E-state index in [-0.39, 0.29) is 0 Å². The van der Waals surface area contributed by atoms with Gasteiger partial charge in [0.15, 0.2) is 0 Å². The summed E-state index contributed by atoms with van der Waals surface area (Å²) in [6.07, 6.45) is 5.12. The molecule has 0 aromatic heterocycles. The van der Waals surface area contributed by atoms with E-state index in [1.807, 2.05) is 0 Å². The summed E-state index contributed by atoms with van der Waals surface area (Å²) in [6.45, 7) is 1.66. The minimum Gasteiger partial charge on any atom is -0.290 e. The van der Waals surface area contributed by atoms with Crippen LogP contribution in [0.3, 0.4) is 0 Å². The van der Waals surface area contributed by atoms with Gasteiger partial charge in [0, 0.05) is 6.20 Å². The summed E-state index contributed by atoms with van der Waals surface area (Å²) in [5, 5.41) is 0. The first-order valence-electron chi connectivity index (χ1n) is 4.75. The van der Waals surface area contributed by atoms with Gasteiger partial charge in [0.1, 0.15) is 0 Å². The molecule has 86 valence electrons. The van der Waals surface area contributed by atoms with Gasteiger partial charge in [0.05, 0.1) is 18.2 Å². The fraction of sp³-hybridized carbons (Fsp3) is 0.400. The first-order chi connectivity index (χ1) is 7.32. The second kappa shape index (κ2) is 3.28. The molecule has 0 aromatic carbocycles. The Balaban J connectivity index is 2.50. The summed E-state index contributed by atoms with van der Waals surface area (Å²) in [6, 6.07) is -0.569. The third-order valence-corrected chi connectivity index (χ3v) is 3.92. The number of fused-ring (bicyclic) bond motifs is 1. The van der Waals surface area contributed by atoms with Crippen LogP contribution >= 0.6 is 0 Å². The molecule has 0 radical (unpaired) electrons. The largest absolute Gasteiger partial charge is 0.290 e. The van der Waals surface area contributed by atoms with Crippen LogP contribution in [0.5, 0.6) is 0 Å². The Morgan fingerprint density at radius 2 is 1.94 bits per heavy atom. The molecular formula is C10H11NO4S. The predicted molar refractivity (Wildman–Crippen MR) is 56.9 cm³/mol. The number of allylic oxidation sites excluding steroid dienone is 1. The summed E-state index contributed by atoms with van der Waals surface area (Å²) in [5.41, 5.74) is 0.609. The first kappa shape index (κ1) is 11.1. The van der Waals surface area contributed by atoms with E-state index in [2.05, 4.69) is 0 Å². The second-order valence-electron chi connectivity index (χ2n) is 4.02. The van der Waals surface area contributed by atoms with Crippen LogP contribution in [0.4, 0.5) is 0 Å².